The van der Waals surface area contributed by atoms with E-state index in [-0.39, 0.29) is 5.91 Å². The lowest BCUT2D eigenvalue weighted by molar-refractivity contribution is -0.121. The van der Waals surface area contributed by atoms with Crippen LogP contribution in [0.3, 0.4) is 0 Å². The lowest BCUT2D eigenvalue weighted by Crippen LogP contribution is -2.38. The van der Waals surface area contributed by atoms with Gasteiger partial charge in [0.1, 0.15) is 0 Å². The zero-order valence-electron chi connectivity index (χ0n) is 9.60. The van der Waals surface area contributed by atoms with Gasteiger partial charge < -0.3 is 5.32 Å². The van der Waals surface area contributed by atoms with Crippen LogP contribution < -0.4 is 5.32 Å². The summed E-state index contributed by atoms with van der Waals surface area (Å²) < 4.78 is 0. The quantitative estimate of drug-likeness (QED) is 0.620. The second kappa shape index (κ2) is 7.26. The number of hydrogen-bond donors (Lipinski definition) is 1. The lowest BCUT2D eigenvalue weighted by atomic mass is 9.93. The van der Waals surface area contributed by atoms with Crippen molar-refractivity contribution >= 4 is 21.8 Å². The van der Waals surface area contributed by atoms with E-state index < -0.39 is 0 Å². The van der Waals surface area contributed by atoms with Gasteiger partial charge in [-0.05, 0) is 25.7 Å². The van der Waals surface area contributed by atoms with E-state index in [9.17, 15) is 4.79 Å². The maximum absolute atomic E-state index is 11.4. The number of carbonyl (C=O) groups is 1. The van der Waals surface area contributed by atoms with Crippen molar-refractivity contribution in [2.24, 2.45) is 5.92 Å². The summed E-state index contributed by atoms with van der Waals surface area (Å²) in [7, 11) is 0. The van der Waals surface area contributed by atoms with Crippen LogP contribution in [0.2, 0.25) is 0 Å². The summed E-state index contributed by atoms with van der Waals surface area (Å²) in [5.41, 5.74) is 0. The molecule has 1 N–H and O–H groups in total. The highest BCUT2D eigenvalue weighted by Crippen LogP contribution is 2.25. The van der Waals surface area contributed by atoms with Crippen molar-refractivity contribution in [3.63, 3.8) is 0 Å². The Morgan fingerprint density at radius 3 is 2.47 bits per heavy atom. The standard InChI is InChI=1S/C12H22BrNO/c1-10(14-12(15)8-9-13)11-6-4-2-3-5-7-11/h10-11H,2-9H2,1H3,(H,14,15)/t10-/m0/s1. The summed E-state index contributed by atoms with van der Waals surface area (Å²) in [6.45, 7) is 2.15. The molecule has 0 unspecified atom stereocenters. The summed E-state index contributed by atoms with van der Waals surface area (Å²) in [4.78, 5) is 11.4. The Bertz CT molecular complexity index is 188. The molecule has 0 bridgehead atoms. The molecular weight excluding hydrogens is 254 g/mol. The van der Waals surface area contributed by atoms with E-state index in [1.54, 1.807) is 0 Å². The Labute approximate surface area is 101 Å². The van der Waals surface area contributed by atoms with Gasteiger partial charge in [-0.15, -0.1) is 0 Å². The van der Waals surface area contributed by atoms with Crippen LogP contribution >= 0.6 is 15.9 Å². The first-order valence-corrected chi connectivity index (χ1v) is 7.21. The molecule has 1 saturated carbocycles. The molecule has 3 heteroatoms. The number of rotatable bonds is 4. The molecule has 1 rings (SSSR count). The van der Waals surface area contributed by atoms with Crippen molar-refractivity contribution in [2.45, 2.75) is 57.9 Å². The van der Waals surface area contributed by atoms with E-state index >= 15 is 0 Å². The summed E-state index contributed by atoms with van der Waals surface area (Å²) >= 11 is 3.29. The third-order valence-electron chi connectivity index (χ3n) is 3.32. The molecule has 1 aliphatic rings. The minimum Gasteiger partial charge on any atom is -0.353 e. The fourth-order valence-corrected chi connectivity index (χ4v) is 2.70. The molecule has 0 heterocycles. The van der Waals surface area contributed by atoms with Gasteiger partial charge in [0, 0.05) is 17.8 Å². The summed E-state index contributed by atoms with van der Waals surface area (Å²) in [6.07, 6.45) is 8.59. The first-order valence-electron chi connectivity index (χ1n) is 6.09. The van der Waals surface area contributed by atoms with Gasteiger partial charge in [0.05, 0.1) is 0 Å². The minimum atomic E-state index is 0.184. The first kappa shape index (κ1) is 13.0. The lowest BCUT2D eigenvalue weighted by Gasteiger charge is -2.23. The number of amides is 1. The van der Waals surface area contributed by atoms with Crippen molar-refractivity contribution in [1.29, 1.82) is 0 Å². The van der Waals surface area contributed by atoms with Gasteiger partial charge in [0.15, 0.2) is 0 Å². The van der Waals surface area contributed by atoms with Crippen LogP contribution in [0.4, 0.5) is 0 Å². The predicted molar refractivity (Wildman–Crippen MR) is 67.2 cm³/mol. The first-order chi connectivity index (χ1) is 7.24. The van der Waals surface area contributed by atoms with Gasteiger partial charge >= 0.3 is 0 Å². The van der Waals surface area contributed by atoms with Crippen molar-refractivity contribution in [3.05, 3.63) is 0 Å². The number of alkyl halides is 1. The van der Waals surface area contributed by atoms with Crippen LogP contribution in [-0.2, 0) is 4.79 Å². The largest absolute Gasteiger partial charge is 0.353 e. The summed E-state index contributed by atoms with van der Waals surface area (Å²) in [5.74, 6) is 0.885. The van der Waals surface area contributed by atoms with E-state index in [4.69, 9.17) is 0 Å². The van der Waals surface area contributed by atoms with E-state index in [1.807, 2.05) is 0 Å². The second-order valence-electron chi connectivity index (χ2n) is 4.55. The molecule has 1 atom stereocenters. The highest BCUT2D eigenvalue weighted by molar-refractivity contribution is 9.09. The topological polar surface area (TPSA) is 29.1 Å². The van der Waals surface area contributed by atoms with Crippen LogP contribution in [0.25, 0.3) is 0 Å². The molecule has 15 heavy (non-hydrogen) atoms. The summed E-state index contributed by atoms with van der Waals surface area (Å²) in [5, 5.41) is 3.87. The monoisotopic (exact) mass is 275 g/mol. The Balaban J connectivity index is 2.30. The van der Waals surface area contributed by atoms with Gasteiger partial charge in [-0.2, -0.15) is 0 Å². The van der Waals surface area contributed by atoms with Crippen LogP contribution in [0.1, 0.15) is 51.9 Å². The molecular formula is C12H22BrNO. The normalized spacial score (nSPS) is 20.7. The Hall–Kier alpha value is -0.0500. The fraction of sp³-hybridized carbons (Fsp3) is 0.917. The molecule has 88 valence electrons. The van der Waals surface area contributed by atoms with Crippen molar-refractivity contribution < 1.29 is 4.79 Å². The Kier molecular flexibility index (Phi) is 6.30. The summed E-state index contributed by atoms with van der Waals surface area (Å²) in [6, 6.07) is 0.356. The van der Waals surface area contributed by atoms with Gasteiger partial charge in [-0.3, -0.25) is 4.79 Å². The molecule has 0 radical (unpaired) electrons. The smallest absolute Gasteiger partial charge is 0.221 e. The van der Waals surface area contributed by atoms with Crippen molar-refractivity contribution in [1.82, 2.24) is 5.32 Å². The zero-order chi connectivity index (χ0) is 11.1. The molecule has 0 spiro atoms. The molecule has 0 aromatic rings. The Morgan fingerprint density at radius 1 is 1.33 bits per heavy atom. The average Bonchev–Trinajstić information content (AvgIpc) is 2.45. The molecule has 0 aromatic heterocycles. The number of carbonyl (C=O) groups excluding carboxylic acids is 1. The molecule has 1 fully saturated rings. The highest BCUT2D eigenvalue weighted by atomic mass is 79.9. The Morgan fingerprint density at radius 2 is 1.93 bits per heavy atom. The third-order valence-corrected chi connectivity index (χ3v) is 3.71. The van der Waals surface area contributed by atoms with Crippen molar-refractivity contribution in [2.75, 3.05) is 5.33 Å². The van der Waals surface area contributed by atoms with Crippen LogP contribution in [0.15, 0.2) is 0 Å². The minimum absolute atomic E-state index is 0.184. The maximum atomic E-state index is 11.4. The van der Waals surface area contributed by atoms with E-state index in [0.717, 1.165) is 5.33 Å². The third kappa shape index (κ3) is 5.01. The SMILES string of the molecule is C[C@H](NC(=O)CCBr)C1CCCCCC1. The van der Waals surface area contributed by atoms with E-state index in [0.29, 0.717) is 18.4 Å². The number of nitrogens with one attached hydrogen (secondary N) is 1. The zero-order valence-corrected chi connectivity index (χ0v) is 11.2. The average molecular weight is 276 g/mol. The predicted octanol–water partition coefficient (Wildman–Crippen LogP) is 3.25. The van der Waals surface area contributed by atoms with E-state index in [2.05, 4.69) is 28.2 Å². The number of hydrogen-bond acceptors (Lipinski definition) is 1. The molecule has 1 aliphatic carbocycles. The van der Waals surface area contributed by atoms with Gasteiger partial charge in [0.2, 0.25) is 5.91 Å². The van der Waals surface area contributed by atoms with Gasteiger partial charge in [0.25, 0.3) is 0 Å². The van der Waals surface area contributed by atoms with E-state index in [1.165, 1.54) is 38.5 Å². The molecule has 0 aromatic carbocycles. The molecule has 2 nitrogen and oxygen atoms in total. The molecule has 1 amide bonds. The number of halogens is 1. The maximum Gasteiger partial charge on any atom is 0.221 e. The van der Waals surface area contributed by atoms with Crippen LogP contribution in [0, 0.1) is 5.92 Å². The second-order valence-corrected chi connectivity index (χ2v) is 5.34. The molecule has 0 saturated heterocycles. The highest BCUT2D eigenvalue weighted by Gasteiger charge is 2.19. The molecule has 0 aliphatic heterocycles. The van der Waals surface area contributed by atoms with Crippen LogP contribution in [-0.4, -0.2) is 17.3 Å². The van der Waals surface area contributed by atoms with Crippen molar-refractivity contribution in [3.8, 4) is 0 Å². The fourth-order valence-electron chi connectivity index (χ4n) is 2.34. The van der Waals surface area contributed by atoms with Gasteiger partial charge in [-0.1, -0.05) is 41.6 Å². The van der Waals surface area contributed by atoms with Crippen LogP contribution in [0.5, 0.6) is 0 Å². The van der Waals surface area contributed by atoms with Gasteiger partial charge in [-0.25, -0.2) is 0 Å².